The molecule has 1 fully saturated rings. The highest BCUT2D eigenvalue weighted by Crippen LogP contribution is 2.37. The van der Waals surface area contributed by atoms with E-state index in [4.69, 9.17) is 4.74 Å². The van der Waals surface area contributed by atoms with Crippen LogP contribution >= 0.6 is 0 Å². The molecule has 0 saturated heterocycles. The van der Waals surface area contributed by atoms with Crippen LogP contribution in [0.1, 0.15) is 6.42 Å². The van der Waals surface area contributed by atoms with E-state index in [0.29, 0.717) is 0 Å². The predicted molar refractivity (Wildman–Crippen MR) is 54.9 cm³/mol. The zero-order valence-electron chi connectivity index (χ0n) is 9.05. The Labute approximate surface area is 81.4 Å². The van der Waals surface area contributed by atoms with Crippen molar-refractivity contribution in [3.8, 4) is 0 Å². The quantitative estimate of drug-likeness (QED) is 0.623. The van der Waals surface area contributed by atoms with Gasteiger partial charge in [-0.25, -0.2) is 0 Å². The minimum atomic E-state index is 0.847. The van der Waals surface area contributed by atoms with Crippen molar-refractivity contribution in [2.75, 3.05) is 47.4 Å². The first-order valence-corrected chi connectivity index (χ1v) is 5.10. The highest BCUT2D eigenvalue weighted by Gasteiger charge is 2.36. The Morgan fingerprint density at radius 3 is 2.85 bits per heavy atom. The maximum Gasteiger partial charge on any atom is 0.0589 e. The van der Waals surface area contributed by atoms with Crippen LogP contribution in [-0.2, 0) is 4.74 Å². The predicted octanol–water partition coefficient (Wildman–Crippen LogP) is 0.420. The number of rotatable bonds is 7. The second-order valence-corrected chi connectivity index (χ2v) is 4.07. The Bertz CT molecular complexity index is 141. The summed E-state index contributed by atoms with van der Waals surface area (Å²) in [4.78, 5) is 2.36. The first kappa shape index (κ1) is 11.0. The van der Waals surface area contributed by atoms with Crippen LogP contribution in [0.4, 0.5) is 0 Å². The molecule has 0 amide bonds. The maximum absolute atomic E-state index is 5.03. The zero-order valence-corrected chi connectivity index (χ0v) is 9.05. The van der Waals surface area contributed by atoms with E-state index in [2.05, 4.69) is 17.3 Å². The topological polar surface area (TPSA) is 24.5 Å². The van der Waals surface area contributed by atoms with E-state index in [1.807, 2.05) is 7.05 Å². The SMILES string of the molecule is CNCC1CC1CN(C)CCOC. The van der Waals surface area contributed by atoms with Crippen molar-refractivity contribution < 1.29 is 4.74 Å². The number of nitrogens with zero attached hydrogens (tertiary/aromatic N) is 1. The molecule has 3 heteroatoms. The van der Waals surface area contributed by atoms with Gasteiger partial charge < -0.3 is 15.0 Å². The lowest BCUT2D eigenvalue weighted by Crippen LogP contribution is -2.26. The van der Waals surface area contributed by atoms with Crippen molar-refractivity contribution in [3.05, 3.63) is 0 Å². The van der Waals surface area contributed by atoms with Gasteiger partial charge in [-0.05, 0) is 38.9 Å². The van der Waals surface area contributed by atoms with E-state index < -0.39 is 0 Å². The van der Waals surface area contributed by atoms with Gasteiger partial charge in [0.1, 0.15) is 0 Å². The van der Waals surface area contributed by atoms with Crippen molar-refractivity contribution in [1.82, 2.24) is 10.2 Å². The van der Waals surface area contributed by atoms with Gasteiger partial charge in [0.05, 0.1) is 6.61 Å². The van der Waals surface area contributed by atoms with Gasteiger partial charge in [-0.15, -0.1) is 0 Å². The van der Waals surface area contributed by atoms with Gasteiger partial charge in [0.15, 0.2) is 0 Å². The first-order valence-electron chi connectivity index (χ1n) is 5.10. The summed E-state index contributed by atoms with van der Waals surface area (Å²) >= 11 is 0. The van der Waals surface area contributed by atoms with Crippen molar-refractivity contribution in [2.24, 2.45) is 11.8 Å². The highest BCUT2D eigenvalue weighted by atomic mass is 16.5. The third-order valence-electron chi connectivity index (χ3n) is 2.76. The number of ether oxygens (including phenoxy) is 1. The second-order valence-electron chi connectivity index (χ2n) is 4.07. The molecular weight excluding hydrogens is 164 g/mol. The normalized spacial score (nSPS) is 26.8. The Morgan fingerprint density at radius 1 is 1.46 bits per heavy atom. The molecule has 0 spiro atoms. The summed E-state index contributed by atoms with van der Waals surface area (Å²) in [7, 11) is 5.96. The monoisotopic (exact) mass is 186 g/mol. The Hall–Kier alpha value is -0.120. The average molecular weight is 186 g/mol. The standard InChI is InChI=1S/C10H22N2O/c1-11-7-9-6-10(9)8-12(2)4-5-13-3/h9-11H,4-8H2,1-3H3. The summed E-state index contributed by atoms with van der Waals surface area (Å²) in [5, 5.41) is 3.23. The number of methoxy groups -OCH3 is 1. The fourth-order valence-electron chi connectivity index (χ4n) is 1.78. The minimum absolute atomic E-state index is 0.847. The number of hydrogen-bond acceptors (Lipinski definition) is 3. The lowest BCUT2D eigenvalue weighted by atomic mass is 10.3. The van der Waals surface area contributed by atoms with Crippen molar-refractivity contribution in [3.63, 3.8) is 0 Å². The van der Waals surface area contributed by atoms with E-state index in [-0.39, 0.29) is 0 Å². The lowest BCUT2D eigenvalue weighted by molar-refractivity contribution is 0.158. The average Bonchev–Trinajstić information content (AvgIpc) is 2.81. The van der Waals surface area contributed by atoms with Gasteiger partial charge in [0.2, 0.25) is 0 Å². The van der Waals surface area contributed by atoms with Gasteiger partial charge in [-0.3, -0.25) is 0 Å². The van der Waals surface area contributed by atoms with Crippen LogP contribution in [0.2, 0.25) is 0 Å². The van der Waals surface area contributed by atoms with E-state index in [1.54, 1.807) is 7.11 Å². The van der Waals surface area contributed by atoms with Gasteiger partial charge in [0.25, 0.3) is 0 Å². The third kappa shape index (κ3) is 4.07. The van der Waals surface area contributed by atoms with Crippen LogP contribution in [-0.4, -0.2) is 52.3 Å². The molecule has 0 aromatic heterocycles. The fraction of sp³-hybridized carbons (Fsp3) is 1.00. The molecule has 13 heavy (non-hydrogen) atoms. The second kappa shape index (κ2) is 5.58. The van der Waals surface area contributed by atoms with Crippen LogP contribution < -0.4 is 5.32 Å². The van der Waals surface area contributed by atoms with E-state index in [0.717, 1.165) is 25.0 Å². The summed E-state index contributed by atoms with van der Waals surface area (Å²) in [5.74, 6) is 1.85. The molecule has 78 valence electrons. The third-order valence-corrected chi connectivity index (χ3v) is 2.76. The molecule has 2 unspecified atom stereocenters. The van der Waals surface area contributed by atoms with Gasteiger partial charge in [-0.1, -0.05) is 0 Å². The summed E-state index contributed by atoms with van der Waals surface area (Å²) in [5.41, 5.74) is 0. The molecule has 1 saturated carbocycles. The number of nitrogens with one attached hydrogen (secondary N) is 1. The Kier molecular flexibility index (Phi) is 4.70. The molecule has 1 rings (SSSR count). The maximum atomic E-state index is 5.03. The summed E-state index contributed by atoms with van der Waals surface area (Å²) in [6, 6.07) is 0. The summed E-state index contributed by atoms with van der Waals surface area (Å²) in [6.45, 7) is 4.32. The minimum Gasteiger partial charge on any atom is -0.383 e. The molecule has 0 heterocycles. The molecule has 0 aliphatic heterocycles. The van der Waals surface area contributed by atoms with E-state index in [1.165, 1.54) is 19.5 Å². The van der Waals surface area contributed by atoms with Crippen LogP contribution in [0.5, 0.6) is 0 Å². The molecule has 0 radical (unpaired) electrons. The van der Waals surface area contributed by atoms with E-state index >= 15 is 0 Å². The van der Waals surface area contributed by atoms with Gasteiger partial charge in [0, 0.05) is 20.2 Å². The summed E-state index contributed by atoms with van der Waals surface area (Å²) in [6.07, 6.45) is 1.40. The molecular formula is C10H22N2O. The Morgan fingerprint density at radius 2 is 2.23 bits per heavy atom. The first-order chi connectivity index (χ1) is 6.27. The highest BCUT2D eigenvalue weighted by molar-refractivity contribution is 4.89. The zero-order chi connectivity index (χ0) is 9.68. The van der Waals surface area contributed by atoms with Crippen molar-refractivity contribution >= 4 is 0 Å². The Balaban J connectivity index is 1.99. The summed E-state index contributed by atoms with van der Waals surface area (Å²) < 4.78 is 5.03. The van der Waals surface area contributed by atoms with Crippen LogP contribution in [0.3, 0.4) is 0 Å². The van der Waals surface area contributed by atoms with Gasteiger partial charge >= 0.3 is 0 Å². The lowest BCUT2D eigenvalue weighted by Gasteiger charge is -2.15. The van der Waals surface area contributed by atoms with Crippen molar-refractivity contribution in [2.45, 2.75) is 6.42 Å². The molecule has 1 aliphatic carbocycles. The van der Waals surface area contributed by atoms with Crippen LogP contribution in [0, 0.1) is 11.8 Å². The number of hydrogen-bond donors (Lipinski definition) is 1. The smallest absolute Gasteiger partial charge is 0.0589 e. The molecule has 1 N–H and O–H groups in total. The van der Waals surface area contributed by atoms with Crippen LogP contribution in [0.25, 0.3) is 0 Å². The van der Waals surface area contributed by atoms with E-state index in [9.17, 15) is 0 Å². The molecule has 3 nitrogen and oxygen atoms in total. The molecule has 0 bridgehead atoms. The van der Waals surface area contributed by atoms with Gasteiger partial charge in [-0.2, -0.15) is 0 Å². The molecule has 0 aromatic carbocycles. The number of likely N-dealkylation sites (N-methyl/N-ethyl adjacent to an activating group) is 1. The molecule has 0 aromatic rings. The largest absolute Gasteiger partial charge is 0.383 e. The van der Waals surface area contributed by atoms with Crippen molar-refractivity contribution in [1.29, 1.82) is 0 Å². The van der Waals surface area contributed by atoms with Crippen LogP contribution in [0.15, 0.2) is 0 Å². The molecule has 2 atom stereocenters. The molecule has 1 aliphatic rings. The fourth-order valence-corrected chi connectivity index (χ4v) is 1.78.